The molecule has 1 aromatic rings. The lowest BCUT2D eigenvalue weighted by molar-refractivity contribution is 0.474. The first-order valence-electron chi connectivity index (χ1n) is 4.01. The van der Waals surface area contributed by atoms with E-state index in [1.165, 1.54) is 0 Å². The summed E-state index contributed by atoms with van der Waals surface area (Å²) in [5.41, 5.74) is 7.03. The number of aromatic hydroxyl groups is 1. The van der Waals surface area contributed by atoms with Crippen molar-refractivity contribution >= 4 is 17.7 Å². The van der Waals surface area contributed by atoms with E-state index in [2.05, 4.69) is 0 Å². The van der Waals surface area contributed by atoms with Crippen LogP contribution in [0.3, 0.4) is 0 Å². The Bertz CT molecular complexity index is 334. The van der Waals surface area contributed by atoms with Gasteiger partial charge in [0, 0.05) is 12.1 Å². The molecule has 1 rings (SSSR count). The molecule has 0 spiro atoms. The van der Waals surface area contributed by atoms with Gasteiger partial charge in [-0.2, -0.15) is 0 Å². The number of rotatable bonds is 2. The van der Waals surface area contributed by atoms with Gasteiger partial charge in [0.05, 0.1) is 5.02 Å². The van der Waals surface area contributed by atoms with Crippen LogP contribution in [0.25, 0.3) is 6.08 Å². The van der Waals surface area contributed by atoms with Crippen LogP contribution in [-0.2, 0) is 0 Å². The summed E-state index contributed by atoms with van der Waals surface area (Å²) in [7, 11) is 0. The van der Waals surface area contributed by atoms with Gasteiger partial charge in [0.25, 0.3) is 0 Å². The van der Waals surface area contributed by atoms with Crippen molar-refractivity contribution in [2.24, 2.45) is 5.73 Å². The highest BCUT2D eigenvalue weighted by Gasteiger charge is 2.04. The average molecular weight is 198 g/mol. The van der Waals surface area contributed by atoms with Crippen molar-refractivity contribution in [3.05, 3.63) is 34.4 Å². The molecule has 0 aliphatic heterocycles. The molecule has 0 bridgehead atoms. The Balaban J connectivity index is 3.17. The van der Waals surface area contributed by atoms with Crippen LogP contribution in [-0.4, -0.2) is 11.7 Å². The van der Waals surface area contributed by atoms with E-state index in [0.29, 0.717) is 11.6 Å². The SMILES string of the molecule is Cc1ccc(Cl)c(O)c1/C=C/CN. The largest absolute Gasteiger partial charge is 0.506 e. The topological polar surface area (TPSA) is 46.2 Å². The van der Waals surface area contributed by atoms with Gasteiger partial charge in [-0.05, 0) is 18.6 Å². The molecule has 3 N–H and O–H groups in total. The molecular formula is C10H12ClNO. The Labute approximate surface area is 82.6 Å². The maximum Gasteiger partial charge on any atom is 0.141 e. The molecule has 70 valence electrons. The maximum atomic E-state index is 9.58. The number of benzene rings is 1. The van der Waals surface area contributed by atoms with E-state index in [-0.39, 0.29) is 5.75 Å². The number of hydrogen-bond acceptors (Lipinski definition) is 2. The van der Waals surface area contributed by atoms with Crippen molar-refractivity contribution < 1.29 is 5.11 Å². The fraction of sp³-hybridized carbons (Fsp3) is 0.200. The Morgan fingerprint density at radius 1 is 1.54 bits per heavy atom. The third-order valence-electron chi connectivity index (χ3n) is 1.81. The molecule has 0 aliphatic carbocycles. The molecular weight excluding hydrogens is 186 g/mol. The van der Waals surface area contributed by atoms with E-state index in [9.17, 15) is 5.11 Å². The van der Waals surface area contributed by atoms with Gasteiger partial charge in [0.1, 0.15) is 5.75 Å². The first-order valence-corrected chi connectivity index (χ1v) is 4.39. The molecule has 0 amide bonds. The number of hydrogen-bond donors (Lipinski definition) is 2. The minimum atomic E-state index is 0.117. The van der Waals surface area contributed by atoms with Gasteiger partial charge < -0.3 is 10.8 Å². The normalized spacial score (nSPS) is 11.0. The van der Waals surface area contributed by atoms with Gasteiger partial charge in [-0.25, -0.2) is 0 Å². The standard InChI is InChI=1S/C10H12ClNO/c1-7-4-5-9(11)10(13)8(7)3-2-6-12/h2-5,13H,6,12H2,1H3/b3-2+. The van der Waals surface area contributed by atoms with E-state index in [1.54, 1.807) is 18.2 Å². The molecule has 2 nitrogen and oxygen atoms in total. The second kappa shape index (κ2) is 4.30. The first-order chi connectivity index (χ1) is 6.16. The molecule has 0 fully saturated rings. The van der Waals surface area contributed by atoms with Crippen LogP contribution >= 0.6 is 11.6 Å². The zero-order chi connectivity index (χ0) is 9.84. The lowest BCUT2D eigenvalue weighted by Crippen LogP contribution is -1.92. The van der Waals surface area contributed by atoms with Gasteiger partial charge >= 0.3 is 0 Å². The number of phenols is 1. The second-order valence-electron chi connectivity index (χ2n) is 2.76. The molecule has 0 saturated heterocycles. The van der Waals surface area contributed by atoms with E-state index >= 15 is 0 Å². The molecule has 1 aromatic carbocycles. The predicted octanol–water partition coefficient (Wildman–Crippen LogP) is 2.33. The molecule has 0 saturated carbocycles. The highest BCUT2D eigenvalue weighted by molar-refractivity contribution is 6.32. The minimum absolute atomic E-state index is 0.117. The Morgan fingerprint density at radius 2 is 2.23 bits per heavy atom. The predicted molar refractivity (Wildman–Crippen MR) is 55.9 cm³/mol. The van der Waals surface area contributed by atoms with Crippen molar-refractivity contribution in [2.45, 2.75) is 6.92 Å². The molecule has 3 heteroatoms. The molecule has 0 aliphatic rings. The van der Waals surface area contributed by atoms with E-state index in [4.69, 9.17) is 17.3 Å². The summed E-state index contributed by atoms with van der Waals surface area (Å²) in [6.45, 7) is 2.36. The summed E-state index contributed by atoms with van der Waals surface area (Å²) in [5, 5.41) is 9.94. The monoisotopic (exact) mass is 197 g/mol. The van der Waals surface area contributed by atoms with Crippen molar-refractivity contribution in [1.82, 2.24) is 0 Å². The molecule has 13 heavy (non-hydrogen) atoms. The van der Waals surface area contributed by atoms with Gasteiger partial charge in [-0.3, -0.25) is 0 Å². The molecule has 0 aromatic heterocycles. The zero-order valence-corrected chi connectivity index (χ0v) is 8.17. The molecule has 0 atom stereocenters. The lowest BCUT2D eigenvalue weighted by atomic mass is 10.1. The number of nitrogens with two attached hydrogens (primary N) is 1. The van der Waals surface area contributed by atoms with Crippen LogP contribution in [0.1, 0.15) is 11.1 Å². The Kier molecular flexibility index (Phi) is 3.34. The maximum absolute atomic E-state index is 9.58. The highest BCUT2D eigenvalue weighted by atomic mass is 35.5. The summed E-state index contributed by atoms with van der Waals surface area (Å²) in [6, 6.07) is 3.53. The van der Waals surface area contributed by atoms with Gasteiger partial charge in [-0.1, -0.05) is 29.8 Å². The summed E-state index contributed by atoms with van der Waals surface area (Å²) in [6.07, 6.45) is 3.55. The van der Waals surface area contributed by atoms with Crippen molar-refractivity contribution in [3.8, 4) is 5.75 Å². The average Bonchev–Trinajstić information content (AvgIpc) is 2.12. The van der Waals surface area contributed by atoms with Crippen LogP contribution in [0.5, 0.6) is 5.75 Å². The van der Waals surface area contributed by atoms with Crippen molar-refractivity contribution in [3.63, 3.8) is 0 Å². The molecule has 0 heterocycles. The Morgan fingerprint density at radius 3 is 2.85 bits per heavy atom. The van der Waals surface area contributed by atoms with Crippen molar-refractivity contribution in [1.29, 1.82) is 0 Å². The van der Waals surface area contributed by atoms with Crippen LogP contribution in [0.2, 0.25) is 5.02 Å². The minimum Gasteiger partial charge on any atom is -0.506 e. The highest BCUT2D eigenvalue weighted by Crippen LogP contribution is 2.30. The quantitative estimate of drug-likeness (QED) is 0.765. The first kappa shape index (κ1) is 10.1. The van der Waals surface area contributed by atoms with E-state index in [0.717, 1.165) is 11.1 Å². The summed E-state index contributed by atoms with van der Waals surface area (Å²) in [4.78, 5) is 0. The van der Waals surface area contributed by atoms with Gasteiger partial charge in [0.15, 0.2) is 0 Å². The third kappa shape index (κ3) is 2.23. The second-order valence-corrected chi connectivity index (χ2v) is 3.17. The summed E-state index contributed by atoms with van der Waals surface area (Å²) in [5.74, 6) is 0.117. The number of halogens is 1. The van der Waals surface area contributed by atoms with Crippen LogP contribution in [0.15, 0.2) is 18.2 Å². The summed E-state index contributed by atoms with van der Waals surface area (Å²) < 4.78 is 0. The number of aryl methyl sites for hydroxylation is 1. The smallest absolute Gasteiger partial charge is 0.141 e. The van der Waals surface area contributed by atoms with E-state index in [1.807, 2.05) is 13.0 Å². The fourth-order valence-electron chi connectivity index (χ4n) is 1.08. The third-order valence-corrected chi connectivity index (χ3v) is 2.11. The number of phenolic OH excluding ortho intramolecular Hbond substituents is 1. The van der Waals surface area contributed by atoms with Crippen molar-refractivity contribution in [2.75, 3.05) is 6.54 Å². The zero-order valence-electron chi connectivity index (χ0n) is 7.42. The van der Waals surface area contributed by atoms with Crippen LogP contribution < -0.4 is 5.73 Å². The van der Waals surface area contributed by atoms with Crippen LogP contribution in [0.4, 0.5) is 0 Å². The molecule has 0 unspecified atom stereocenters. The van der Waals surface area contributed by atoms with E-state index < -0.39 is 0 Å². The van der Waals surface area contributed by atoms with Gasteiger partial charge in [-0.15, -0.1) is 0 Å². The fourth-order valence-corrected chi connectivity index (χ4v) is 1.24. The summed E-state index contributed by atoms with van der Waals surface area (Å²) >= 11 is 5.75. The van der Waals surface area contributed by atoms with Gasteiger partial charge in [0.2, 0.25) is 0 Å². The Hall–Kier alpha value is -0.990. The van der Waals surface area contributed by atoms with Crippen LogP contribution in [0, 0.1) is 6.92 Å². The lowest BCUT2D eigenvalue weighted by Gasteiger charge is -2.04. The molecule has 0 radical (unpaired) electrons.